The Morgan fingerprint density at radius 1 is 0.950 bits per heavy atom. The van der Waals surface area contributed by atoms with Crippen LogP contribution in [0.15, 0.2) is 30.3 Å². The summed E-state index contributed by atoms with van der Waals surface area (Å²) in [6.45, 7) is 4.92. The van der Waals surface area contributed by atoms with Crippen molar-refractivity contribution in [3.63, 3.8) is 0 Å². The van der Waals surface area contributed by atoms with Gasteiger partial charge in [0.25, 0.3) is 0 Å². The smallest absolute Gasteiger partial charge is 0.0233 e. The van der Waals surface area contributed by atoms with E-state index in [0.29, 0.717) is 0 Å². The number of nitrogens with one attached hydrogen (secondary N) is 1. The van der Waals surface area contributed by atoms with E-state index in [1.165, 1.54) is 63.7 Å². The summed E-state index contributed by atoms with van der Waals surface area (Å²) in [6, 6.07) is 11.7. The minimum atomic E-state index is 0.831. The molecular weight excluding hydrogens is 244 g/mol. The molecular formula is C18H28N2. The van der Waals surface area contributed by atoms with Crippen molar-refractivity contribution < 1.29 is 0 Å². The number of likely N-dealkylation sites (tertiary alicyclic amines) is 1. The maximum atomic E-state index is 3.80. The van der Waals surface area contributed by atoms with Gasteiger partial charge in [0.05, 0.1) is 0 Å². The van der Waals surface area contributed by atoms with Crippen LogP contribution in [0.5, 0.6) is 0 Å². The van der Waals surface area contributed by atoms with E-state index in [1.807, 2.05) is 0 Å². The molecule has 0 atom stereocenters. The van der Waals surface area contributed by atoms with Crippen LogP contribution in [0.25, 0.3) is 0 Å². The fourth-order valence-electron chi connectivity index (χ4n) is 3.65. The van der Waals surface area contributed by atoms with Gasteiger partial charge in [0.1, 0.15) is 0 Å². The molecule has 1 N–H and O–H groups in total. The number of hydrogen-bond donors (Lipinski definition) is 1. The van der Waals surface area contributed by atoms with Crippen LogP contribution < -0.4 is 5.32 Å². The summed E-state index contributed by atoms with van der Waals surface area (Å²) in [6.07, 6.45) is 8.43. The summed E-state index contributed by atoms with van der Waals surface area (Å²) < 4.78 is 0. The molecule has 1 aliphatic carbocycles. The van der Waals surface area contributed by atoms with E-state index in [9.17, 15) is 0 Å². The van der Waals surface area contributed by atoms with Crippen LogP contribution >= 0.6 is 0 Å². The molecule has 110 valence electrons. The summed E-state index contributed by atoms with van der Waals surface area (Å²) >= 11 is 0. The zero-order valence-corrected chi connectivity index (χ0v) is 12.6. The van der Waals surface area contributed by atoms with E-state index < -0.39 is 0 Å². The maximum absolute atomic E-state index is 3.80. The Labute approximate surface area is 123 Å². The first-order chi connectivity index (χ1) is 9.90. The Bertz CT molecular complexity index is 376. The summed E-state index contributed by atoms with van der Waals surface area (Å²) in [7, 11) is 0. The van der Waals surface area contributed by atoms with Crippen LogP contribution in [0.4, 0.5) is 0 Å². The van der Waals surface area contributed by atoms with Gasteiger partial charge >= 0.3 is 0 Å². The highest BCUT2D eigenvalue weighted by Crippen LogP contribution is 2.21. The van der Waals surface area contributed by atoms with E-state index in [4.69, 9.17) is 0 Å². The van der Waals surface area contributed by atoms with Crippen molar-refractivity contribution in [1.29, 1.82) is 0 Å². The van der Waals surface area contributed by atoms with Gasteiger partial charge in [-0.2, -0.15) is 0 Å². The van der Waals surface area contributed by atoms with Crippen molar-refractivity contribution in [2.75, 3.05) is 19.6 Å². The average Bonchev–Trinajstić information content (AvgIpc) is 3.01. The topological polar surface area (TPSA) is 15.3 Å². The van der Waals surface area contributed by atoms with Gasteiger partial charge in [-0.05, 0) is 56.8 Å². The van der Waals surface area contributed by atoms with Crippen molar-refractivity contribution in [2.24, 2.45) is 5.92 Å². The highest BCUT2D eigenvalue weighted by atomic mass is 15.1. The maximum Gasteiger partial charge on any atom is 0.0233 e. The van der Waals surface area contributed by atoms with Crippen LogP contribution in [-0.4, -0.2) is 30.6 Å². The summed E-state index contributed by atoms with van der Waals surface area (Å²) in [5.74, 6) is 0.905. The first-order valence-corrected chi connectivity index (χ1v) is 8.40. The van der Waals surface area contributed by atoms with Crippen LogP contribution in [0.3, 0.4) is 0 Å². The predicted molar refractivity (Wildman–Crippen MR) is 84.7 cm³/mol. The molecule has 0 radical (unpaired) electrons. The summed E-state index contributed by atoms with van der Waals surface area (Å²) in [5.41, 5.74) is 1.45. The van der Waals surface area contributed by atoms with Gasteiger partial charge in [-0.3, -0.25) is 4.90 Å². The van der Waals surface area contributed by atoms with Gasteiger partial charge in [0, 0.05) is 12.6 Å². The lowest BCUT2D eigenvalue weighted by atomic mass is 9.96. The molecule has 0 spiro atoms. The Morgan fingerprint density at radius 3 is 2.35 bits per heavy atom. The molecule has 2 aliphatic rings. The molecule has 1 aromatic carbocycles. The predicted octanol–water partition coefficient (Wildman–Crippen LogP) is 3.43. The minimum Gasteiger partial charge on any atom is -0.314 e. The number of piperidine rings is 1. The SMILES string of the molecule is c1ccc(CN2CCC(CNC3CCCC3)CC2)cc1. The zero-order chi connectivity index (χ0) is 13.6. The van der Waals surface area contributed by atoms with Gasteiger partial charge in [-0.1, -0.05) is 43.2 Å². The van der Waals surface area contributed by atoms with E-state index >= 15 is 0 Å². The molecule has 1 aromatic rings. The van der Waals surface area contributed by atoms with E-state index in [2.05, 4.69) is 40.5 Å². The number of rotatable bonds is 5. The molecule has 3 rings (SSSR count). The van der Waals surface area contributed by atoms with Crippen LogP contribution in [0.1, 0.15) is 44.1 Å². The number of hydrogen-bond acceptors (Lipinski definition) is 2. The van der Waals surface area contributed by atoms with Gasteiger partial charge < -0.3 is 5.32 Å². The van der Waals surface area contributed by atoms with Crippen molar-refractivity contribution in [3.8, 4) is 0 Å². The first-order valence-electron chi connectivity index (χ1n) is 8.40. The van der Waals surface area contributed by atoms with E-state index in [0.717, 1.165) is 18.5 Å². The fraction of sp³-hybridized carbons (Fsp3) is 0.667. The average molecular weight is 272 g/mol. The molecule has 0 aromatic heterocycles. The minimum absolute atomic E-state index is 0.831. The van der Waals surface area contributed by atoms with Gasteiger partial charge in [0.15, 0.2) is 0 Å². The van der Waals surface area contributed by atoms with Crippen molar-refractivity contribution in [3.05, 3.63) is 35.9 Å². The van der Waals surface area contributed by atoms with Crippen LogP contribution in [0, 0.1) is 5.92 Å². The second-order valence-corrected chi connectivity index (χ2v) is 6.59. The normalized spacial score (nSPS) is 22.4. The lowest BCUT2D eigenvalue weighted by molar-refractivity contribution is 0.173. The van der Waals surface area contributed by atoms with Crippen molar-refractivity contribution >= 4 is 0 Å². The van der Waals surface area contributed by atoms with Crippen molar-refractivity contribution in [1.82, 2.24) is 10.2 Å². The van der Waals surface area contributed by atoms with Crippen molar-refractivity contribution in [2.45, 2.75) is 51.1 Å². The molecule has 1 saturated heterocycles. The third-order valence-electron chi connectivity index (χ3n) is 5.01. The zero-order valence-electron chi connectivity index (χ0n) is 12.6. The summed E-state index contributed by atoms with van der Waals surface area (Å²) in [4.78, 5) is 2.61. The standard InChI is InChI=1S/C18H28N2/c1-2-6-17(7-3-1)15-20-12-10-16(11-13-20)14-19-18-8-4-5-9-18/h1-3,6-7,16,18-19H,4-5,8-15H2. The fourth-order valence-corrected chi connectivity index (χ4v) is 3.65. The molecule has 2 fully saturated rings. The van der Waals surface area contributed by atoms with Gasteiger partial charge in [0.2, 0.25) is 0 Å². The Hall–Kier alpha value is -0.860. The van der Waals surface area contributed by atoms with Crippen LogP contribution in [-0.2, 0) is 6.54 Å². The molecule has 0 bridgehead atoms. The largest absolute Gasteiger partial charge is 0.314 e. The van der Waals surface area contributed by atoms with Gasteiger partial charge in [-0.25, -0.2) is 0 Å². The monoisotopic (exact) mass is 272 g/mol. The number of nitrogens with zero attached hydrogens (tertiary/aromatic N) is 1. The highest BCUT2D eigenvalue weighted by molar-refractivity contribution is 5.14. The molecule has 1 aliphatic heterocycles. The Balaban J connectivity index is 1.36. The molecule has 1 heterocycles. The summed E-state index contributed by atoms with van der Waals surface area (Å²) in [5, 5.41) is 3.80. The Kier molecular flexibility index (Phi) is 5.10. The highest BCUT2D eigenvalue weighted by Gasteiger charge is 2.21. The first kappa shape index (κ1) is 14.1. The second kappa shape index (κ2) is 7.24. The second-order valence-electron chi connectivity index (χ2n) is 6.59. The molecule has 0 unspecified atom stereocenters. The molecule has 20 heavy (non-hydrogen) atoms. The molecule has 1 saturated carbocycles. The Morgan fingerprint density at radius 2 is 1.65 bits per heavy atom. The van der Waals surface area contributed by atoms with Crippen LogP contribution in [0.2, 0.25) is 0 Å². The third kappa shape index (κ3) is 4.07. The van der Waals surface area contributed by atoms with E-state index in [-0.39, 0.29) is 0 Å². The van der Waals surface area contributed by atoms with Gasteiger partial charge in [-0.15, -0.1) is 0 Å². The lowest BCUT2D eigenvalue weighted by Crippen LogP contribution is -2.39. The molecule has 0 amide bonds. The quantitative estimate of drug-likeness (QED) is 0.883. The third-order valence-corrected chi connectivity index (χ3v) is 5.01. The number of benzene rings is 1. The molecule has 2 heteroatoms. The van der Waals surface area contributed by atoms with E-state index in [1.54, 1.807) is 0 Å². The molecule has 2 nitrogen and oxygen atoms in total. The lowest BCUT2D eigenvalue weighted by Gasteiger charge is -2.32.